The fraction of sp³-hybridized carbons (Fsp3) is 0.174. The minimum Gasteiger partial charge on any atom is -0.355 e. The lowest BCUT2D eigenvalue weighted by atomic mass is 10.0. The van der Waals surface area contributed by atoms with Gasteiger partial charge in [-0.2, -0.15) is 0 Å². The van der Waals surface area contributed by atoms with Gasteiger partial charge in [0.25, 0.3) is 17.7 Å². The lowest BCUT2D eigenvalue weighted by molar-refractivity contribution is 0.0672. The quantitative estimate of drug-likeness (QED) is 0.484. The van der Waals surface area contributed by atoms with Crippen molar-refractivity contribution in [1.82, 2.24) is 14.9 Å². The van der Waals surface area contributed by atoms with E-state index in [1.807, 2.05) is 36.2 Å². The first-order valence-corrected chi connectivity index (χ1v) is 9.90. The van der Waals surface area contributed by atoms with Crippen molar-refractivity contribution in [3.8, 4) is 0 Å². The van der Waals surface area contributed by atoms with Gasteiger partial charge in [-0.1, -0.05) is 18.2 Å². The van der Waals surface area contributed by atoms with Crippen LogP contribution in [0.25, 0.3) is 11.0 Å². The number of carbonyl (C=O) groups excluding carboxylic acids is 3. The molecule has 3 aromatic rings. The first kappa shape index (κ1) is 18.9. The molecule has 2 aliphatic rings. The highest BCUT2D eigenvalue weighted by atomic mass is 16.2. The highest BCUT2D eigenvalue weighted by molar-refractivity contribution is 6.22. The van der Waals surface area contributed by atoms with E-state index < -0.39 is 5.91 Å². The number of para-hydroxylation sites is 2. The monoisotopic (exact) mass is 413 g/mol. The topological polar surface area (TPSA) is 86.7 Å². The molecule has 2 aromatic carbocycles. The zero-order chi connectivity index (χ0) is 21.7. The van der Waals surface area contributed by atoms with Crippen LogP contribution in [0.3, 0.4) is 0 Å². The van der Waals surface area contributed by atoms with Crippen LogP contribution in [0.5, 0.6) is 0 Å². The fourth-order valence-electron chi connectivity index (χ4n) is 3.95. The van der Waals surface area contributed by atoms with Crippen molar-refractivity contribution in [2.45, 2.75) is 0 Å². The molecular weight excluding hydrogens is 394 g/mol. The molecule has 3 heterocycles. The van der Waals surface area contributed by atoms with E-state index in [9.17, 15) is 14.4 Å². The Morgan fingerprint density at radius 3 is 2.39 bits per heavy atom. The maximum Gasteiger partial charge on any atom is 0.261 e. The number of amides is 3. The molecule has 0 aliphatic carbocycles. The fourth-order valence-corrected chi connectivity index (χ4v) is 3.95. The number of benzene rings is 2. The summed E-state index contributed by atoms with van der Waals surface area (Å²) in [6.07, 6.45) is 1.50. The molecule has 31 heavy (non-hydrogen) atoms. The summed E-state index contributed by atoms with van der Waals surface area (Å²) in [5, 5.41) is 0. The van der Waals surface area contributed by atoms with Crippen LogP contribution < -0.4 is 9.80 Å². The van der Waals surface area contributed by atoms with Crippen LogP contribution in [0.4, 0.5) is 11.6 Å². The van der Waals surface area contributed by atoms with Gasteiger partial charge in [-0.05, 0) is 30.3 Å². The van der Waals surface area contributed by atoms with E-state index in [1.54, 1.807) is 11.0 Å². The van der Waals surface area contributed by atoms with Crippen molar-refractivity contribution in [3.05, 3.63) is 71.8 Å². The van der Waals surface area contributed by atoms with Gasteiger partial charge in [0.15, 0.2) is 11.6 Å². The summed E-state index contributed by atoms with van der Waals surface area (Å²) in [6.45, 7) is 4.75. The molecule has 0 atom stereocenters. The Morgan fingerprint density at radius 2 is 1.68 bits per heavy atom. The van der Waals surface area contributed by atoms with Crippen molar-refractivity contribution in [2.75, 3.05) is 36.5 Å². The van der Waals surface area contributed by atoms with Crippen LogP contribution >= 0.6 is 0 Å². The average Bonchev–Trinajstić information content (AvgIpc) is 3.02. The molecule has 0 saturated heterocycles. The van der Waals surface area contributed by atoms with E-state index in [4.69, 9.17) is 4.98 Å². The molecule has 0 N–H and O–H groups in total. The Kier molecular flexibility index (Phi) is 4.28. The van der Waals surface area contributed by atoms with Gasteiger partial charge in [0.2, 0.25) is 0 Å². The van der Waals surface area contributed by atoms with Crippen LogP contribution in [0.2, 0.25) is 0 Å². The van der Waals surface area contributed by atoms with Crippen molar-refractivity contribution in [1.29, 1.82) is 0 Å². The van der Waals surface area contributed by atoms with Gasteiger partial charge >= 0.3 is 0 Å². The van der Waals surface area contributed by atoms with Crippen LogP contribution in [-0.4, -0.2) is 59.3 Å². The Balaban J connectivity index is 1.55. The first-order chi connectivity index (χ1) is 15.0. The molecule has 0 fully saturated rings. The maximum atomic E-state index is 13.4. The van der Waals surface area contributed by atoms with Crippen LogP contribution in [0, 0.1) is 0 Å². The lowest BCUT2D eigenvalue weighted by Crippen LogP contribution is -2.43. The number of imide groups is 1. The average molecular weight is 413 g/mol. The molecule has 0 saturated carbocycles. The summed E-state index contributed by atoms with van der Waals surface area (Å²) in [6, 6.07) is 12.1. The van der Waals surface area contributed by atoms with E-state index in [0.29, 0.717) is 41.4 Å². The summed E-state index contributed by atoms with van der Waals surface area (Å²) in [5.41, 5.74) is 2.31. The molecule has 1 aromatic heterocycles. The number of fused-ring (bicyclic) bond motifs is 3. The van der Waals surface area contributed by atoms with Gasteiger partial charge in [-0.15, -0.1) is 6.58 Å². The summed E-state index contributed by atoms with van der Waals surface area (Å²) < 4.78 is 0. The van der Waals surface area contributed by atoms with Gasteiger partial charge in [0.1, 0.15) is 0 Å². The van der Waals surface area contributed by atoms with E-state index >= 15 is 0 Å². The first-order valence-electron chi connectivity index (χ1n) is 9.90. The third-order valence-corrected chi connectivity index (χ3v) is 5.59. The molecule has 0 spiro atoms. The van der Waals surface area contributed by atoms with Crippen LogP contribution in [-0.2, 0) is 0 Å². The van der Waals surface area contributed by atoms with Gasteiger partial charge in [0, 0.05) is 32.2 Å². The number of nitrogens with zero attached hydrogens (tertiary/aromatic N) is 5. The number of aromatic nitrogens is 2. The Hall–Kier alpha value is -4.07. The second kappa shape index (κ2) is 7.02. The van der Waals surface area contributed by atoms with E-state index in [2.05, 4.69) is 11.6 Å². The largest absolute Gasteiger partial charge is 0.355 e. The van der Waals surface area contributed by atoms with E-state index in [-0.39, 0.29) is 23.9 Å². The van der Waals surface area contributed by atoms with Crippen molar-refractivity contribution >= 4 is 40.4 Å². The Morgan fingerprint density at radius 1 is 1.00 bits per heavy atom. The molecule has 8 heteroatoms. The summed E-state index contributed by atoms with van der Waals surface area (Å²) in [5.74, 6) is 0.0287. The highest BCUT2D eigenvalue weighted by Crippen LogP contribution is 2.32. The molecule has 0 radical (unpaired) electrons. The summed E-state index contributed by atoms with van der Waals surface area (Å²) >= 11 is 0. The smallest absolute Gasteiger partial charge is 0.261 e. The molecule has 8 nitrogen and oxygen atoms in total. The van der Waals surface area contributed by atoms with E-state index in [1.165, 1.54) is 18.2 Å². The third kappa shape index (κ3) is 2.87. The minimum atomic E-state index is -0.417. The molecule has 0 bridgehead atoms. The van der Waals surface area contributed by atoms with Gasteiger partial charge in [-0.3, -0.25) is 24.2 Å². The van der Waals surface area contributed by atoms with Crippen molar-refractivity contribution in [2.24, 2.45) is 0 Å². The Bertz CT molecular complexity index is 1290. The highest BCUT2D eigenvalue weighted by Gasteiger charge is 2.36. The van der Waals surface area contributed by atoms with Gasteiger partial charge < -0.3 is 4.90 Å². The predicted molar refractivity (Wildman–Crippen MR) is 116 cm³/mol. The number of hydrogen-bond acceptors (Lipinski definition) is 6. The summed E-state index contributed by atoms with van der Waals surface area (Å²) in [4.78, 5) is 52.5. The zero-order valence-corrected chi connectivity index (χ0v) is 16.9. The normalized spacial score (nSPS) is 15.3. The second-order valence-electron chi connectivity index (χ2n) is 7.51. The number of anilines is 2. The SMILES string of the molecule is C=CCN1C(=O)c2ccc(C(=O)N3CCN(C)c4nc5ccccc5nc43)cc2C1=O. The third-order valence-electron chi connectivity index (χ3n) is 5.59. The molecule has 2 aliphatic heterocycles. The predicted octanol–water partition coefficient (Wildman–Crippen LogP) is 2.51. The van der Waals surface area contributed by atoms with E-state index in [0.717, 1.165) is 10.4 Å². The van der Waals surface area contributed by atoms with Gasteiger partial charge in [0.05, 0.1) is 22.2 Å². The maximum absolute atomic E-state index is 13.4. The molecule has 154 valence electrons. The zero-order valence-electron chi connectivity index (χ0n) is 16.9. The molecule has 3 amide bonds. The second-order valence-corrected chi connectivity index (χ2v) is 7.51. The van der Waals surface area contributed by atoms with Crippen molar-refractivity contribution < 1.29 is 14.4 Å². The molecule has 5 rings (SSSR count). The Labute approximate surface area is 178 Å². The standard InChI is InChI=1S/C23H19N5O3/c1-3-10-28-22(30)15-9-8-14(13-16(15)23(28)31)21(29)27-12-11-26(2)19-20(27)25-18-7-5-4-6-17(18)24-19/h3-9,13H,1,10-12H2,2H3. The number of hydrogen-bond donors (Lipinski definition) is 0. The minimum absolute atomic E-state index is 0.129. The number of rotatable bonds is 3. The molecular formula is C23H19N5O3. The number of carbonyl (C=O) groups is 3. The van der Waals surface area contributed by atoms with Crippen LogP contribution in [0.15, 0.2) is 55.1 Å². The lowest BCUT2D eigenvalue weighted by Gasteiger charge is -2.33. The summed E-state index contributed by atoms with van der Waals surface area (Å²) in [7, 11) is 1.91. The van der Waals surface area contributed by atoms with Crippen LogP contribution in [0.1, 0.15) is 31.1 Å². The number of likely N-dealkylation sites (N-methyl/N-ethyl adjacent to an activating group) is 1. The molecule has 0 unspecified atom stereocenters. The van der Waals surface area contributed by atoms with Crippen molar-refractivity contribution in [3.63, 3.8) is 0 Å². The van der Waals surface area contributed by atoms with Gasteiger partial charge in [-0.25, -0.2) is 9.97 Å².